The fraction of sp³-hybridized carbons (Fsp3) is 0. The Bertz CT molecular complexity index is 1320. The Labute approximate surface area is 186 Å². The van der Waals surface area contributed by atoms with Crippen molar-refractivity contribution < 1.29 is 14.1 Å². The Morgan fingerprint density at radius 3 is 2.74 bits per heavy atom. The highest BCUT2D eigenvalue weighted by Crippen LogP contribution is 2.32. The number of rotatable bonds is 6. The average Bonchev–Trinajstić information content (AvgIpc) is 3.42. The van der Waals surface area contributed by atoms with Crippen LogP contribution in [0.4, 0.5) is 5.69 Å². The molecule has 4 aromatic rings. The van der Waals surface area contributed by atoms with E-state index in [1.807, 2.05) is 0 Å². The summed E-state index contributed by atoms with van der Waals surface area (Å²) in [7, 11) is 0. The Kier molecular flexibility index (Phi) is 5.70. The van der Waals surface area contributed by atoms with Crippen LogP contribution in [0.25, 0.3) is 28.7 Å². The number of hydrogen-bond donors (Lipinski definition) is 1. The van der Waals surface area contributed by atoms with Crippen LogP contribution in [0.2, 0.25) is 10.0 Å². The summed E-state index contributed by atoms with van der Waals surface area (Å²) >= 11 is 12.1. The van der Waals surface area contributed by atoms with Crippen LogP contribution in [0, 0.1) is 10.1 Å². The molecule has 0 saturated carbocycles. The highest BCUT2D eigenvalue weighted by atomic mass is 35.5. The summed E-state index contributed by atoms with van der Waals surface area (Å²) in [6.07, 6.45) is 4.44. The molecule has 31 heavy (non-hydrogen) atoms. The van der Waals surface area contributed by atoms with Gasteiger partial charge in [-0.15, -0.1) is 0 Å². The van der Waals surface area contributed by atoms with E-state index in [4.69, 9.17) is 27.6 Å². The molecule has 2 aromatic heterocycles. The Morgan fingerprint density at radius 2 is 1.97 bits per heavy atom. The van der Waals surface area contributed by atoms with Gasteiger partial charge in [-0.05, 0) is 42.5 Å². The first-order valence-electron chi connectivity index (χ1n) is 8.98. The van der Waals surface area contributed by atoms with Gasteiger partial charge in [0.1, 0.15) is 5.76 Å². The standard InChI is InChI=1S/C22H13Cl2N3O4/c23-15-5-6-17(18(24)11-15)20-8-9-21(31-20)19(28)7-4-14-12-25-26-22(14)13-2-1-3-16(10-13)27(29)30/h1-12H,(H,25,26)/b7-4+. The minimum absolute atomic E-state index is 0.0397. The molecule has 2 aromatic carbocycles. The molecule has 1 N–H and O–H groups in total. The minimum Gasteiger partial charge on any atom is -0.453 e. The summed E-state index contributed by atoms with van der Waals surface area (Å²) in [5, 5.41) is 18.7. The highest BCUT2D eigenvalue weighted by Gasteiger charge is 2.14. The lowest BCUT2D eigenvalue weighted by molar-refractivity contribution is -0.384. The van der Waals surface area contributed by atoms with Gasteiger partial charge in [0.15, 0.2) is 5.76 Å². The molecule has 7 nitrogen and oxygen atoms in total. The number of aromatic nitrogens is 2. The number of ketones is 1. The van der Waals surface area contributed by atoms with Crippen molar-refractivity contribution in [3.8, 4) is 22.6 Å². The molecule has 0 spiro atoms. The van der Waals surface area contributed by atoms with E-state index in [1.165, 1.54) is 24.4 Å². The SMILES string of the molecule is O=C(/C=C/c1cn[nH]c1-c1cccc([N+](=O)[O-])c1)c1ccc(-c2ccc(Cl)cc2Cl)o1. The quantitative estimate of drug-likeness (QED) is 0.156. The number of non-ortho nitro benzene ring substituents is 1. The van der Waals surface area contributed by atoms with Gasteiger partial charge in [-0.1, -0.05) is 35.3 Å². The Hall–Kier alpha value is -3.68. The summed E-state index contributed by atoms with van der Waals surface area (Å²) in [5.41, 5.74) is 2.32. The molecule has 2 heterocycles. The molecule has 0 radical (unpaired) electrons. The number of benzene rings is 2. The molecule has 0 aliphatic heterocycles. The number of halogens is 2. The lowest BCUT2D eigenvalue weighted by Crippen LogP contribution is -1.91. The van der Waals surface area contributed by atoms with E-state index in [-0.39, 0.29) is 17.2 Å². The van der Waals surface area contributed by atoms with Crippen molar-refractivity contribution in [3.63, 3.8) is 0 Å². The maximum absolute atomic E-state index is 12.6. The number of nitro groups is 1. The largest absolute Gasteiger partial charge is 0.453 e. The van der Waals surface area contributed by atoms with E-state index < -0.39 is 4.92 Å². The van der Waals surface area contributed by atoms with Crippen LogP contribution < -0.4 is 0 Å². The van der Waals surface area contributed by atoms with Crippen molar-refractivity contribution in [1.82, 2.24) is 10.2 Å². The number of aromatic amines is 1. The van der Waals surface area contributed by atoms with Crippen molar-refractivity contribution in [2.45, 2.75) is 0 Å². The molecule has 0 bridgehead atoms. The van der Waals surface area contributed by atoms with Crippen molar-refractivity contribution in [2.75, 3.05) is 0 Å². The van der Waals surface area contributed by atoms with Gasteiger partial charge >= 0.3 is 0 Å². The number of furan rings is 1. The lowest BCUT2D eigenvalue weighted by atomic mass is 10.1. The third-order valence-electron chi connectivity index (χ3n) is 4.47. The molecule has 0 amide bonds. The number of allylic oxidation sites excluding steroid dienone is 1. The van der Waals surface area contributed by atoms with E-state index in [0.29, 0.717) is 38.2 Å². The number of nitrogens with one attached hydrogen (secondary N) is 1. The van der Waals surface area contributed by atoms with Crippen LogP contribution in [0.1, 0.15) is 16.1 Å². The van der Waals surface area contributed by atoms with Crippen molar-refractivity contribution in [2.24, 2.45) is 0 Å². The molecule has 0 fully saturated rings. The molecular weight excluding hydrogens is 441 g/mol. The molecule has 154 valence electrons. The maximum Gasteiger partial charge on any atom is 0.270 e. The zero-order chi connectivity index (χ0) is 22.0. The van der Waals surface area contributed by atoms with Crippen LogP contribution in [0.15, 0.2) is 71.3 Å². The van der Waals surface area contributed by atoms with Gasteiger partial charge in [-0.2, -0.15) is 5.10 Å². The first-order valence-corrected chi connectivity index (χ1v) is 9.74. The summed E-state index contributed by atoms with van der Waals surface area (Å²) in [5.74, 6) is 0.221. The molecule has 0 unspecified atom stereocenters. The van der Waals surface area contributed by atoms with E-state index in [2.05, 4.69) is 10.2 Å². The van der Waals surface area contributed by atoms with Crippen LogP contribution in [-0.2, 0) is 0 Å². The third kappa shape index (κ3) is 4.42. The Morgan fingerprint density at radius 1 is 1.13 bits per heavy atom. The van der Waals surface area contributed by atoms with Gasteiger partial charge in [-0.25, -0.2) is 0 Å². The fourth-order valence-electron chi connectivity index (χ4n) is 2.98. The van der Waals surface area contributed by atoms with Gasteiger partial charge in [0.25, 0.3) is 5.69 Å². The number of carbonyl (C=O) groups is 1. The summed E-state index contributed by atoms with van der Waals surface area (Å²) in [6, 6.07) is 14.3. The predicted molar refractivity (Wildman–Crippen MR) is 118 cm³/mol. The second kappa shape index (κ2) is 8.59. The summed E-state index contributed by atoms with van der Waals surface area (Å²) in [6.45, 7) is 0. The minimum atomic E-state index is -0.472. The molecule has 0 aliphatic carbocycles. The first kappa shape index (κ1) is 20.6. The van der Waals surface area contributed by atoms with Gasteiger partial charge in [0.05, 0.1) is 21.8 Å². The van der Waals surface area contributed by atoms with Crippen LogP contribution >= 0.6 is 23.2 Å². The number of nitrogens with zero attached hydrogens (tertiary/aromatic N) is 2. The number of nitro benzene ring substituents is 1. The van der Waals surface area contributed by atoms with Crippen LogP contribution in [0.3, 0.4) is 0 Å². The topological polar surface area (TPSA) is 102 Å². The van der Waals surface area contributed by atoms with E-state index >= 15 is 0 Å². The Balaban J connectivity index is 1.56. The monoisotopic (exact) mass is 453 g/mol. The van der Waals surface area contributed by atoms with Gasteiger partial charge in [0.2, 0.25) is 5.78 Å². The molecular formula is C22H13Cl2N3O4. The number of hydrogen-bond acceptors (Lipinski definition) is 5. The highest BCUT2D eigenvalue weighted by molar-refractivity contribution is 6.36. The molecule has 0 atom stereocenters. The molecule has 4 rings (SSSR count). The summed E-state index contributed by atoms with van der Waals surface area (Å²) < 4.78 is 5.65. The van der Waals surface area contributed by atoms with Gasteiger partial charge in [-0.3, -0.25) is 20.0 Å². The van der Waals surface area contributed by atoms with E-state index in [1.54, 1.807) is 48.5 Å². The van der Waals surface area contributed by atoms with Gasteiger partial charge in [0, 0.05) is 33.8 Å². The third-order valence-corrected chi connectivity index (χ3v) is 5.02. The number of H-pyrrole nitrogens is 1. The van der Waals surface area contributed by atoms with E-state index in [9.17, 15) is 14.9 Å². The second-order valence-electron chi connectivity index (χ2n) is 6.49. The lowest BCUT2D eigenvalue weighted by Gasteiger charge is -2.01. The zero-order valence-corrected chi connectivity index (χ0v) is 17.2. The molecule has 0 aliphatic rings. The van der Waals surface area contributed by atoms with E-state index in [0.717, 1.165) is 0 Å². The predicted octanol–water partition coefficient (Wildman–Crippen LogP) is 6.45. The molecule has 0 saturated heterocycles. The van der Waals surface area contributed by atoms with Crippen molar-refractivity contribution in [3.05, 3.63) is 98.4 Å². The normalized spacial score (nSPS) is 11.2. The van der Waals surface area contributed by atoms with Gasteiger partial charge < -0.3 is 4.42 Å². The van der Waals surface area contributed by atoms with Crippen molar-refractivity contribution >= 4 is 40.7 Å². The molecule has 9 heteroatoms. The van der Waals surface area contributed by atoms with Crippen LogP contribution in [0.5, 0.6) is 0 Å². The summed E-state index contributed by atoms with van der Waals surface area (Å²) in [4.78, 5) is 23.1. The smallest absolute Gasteiger partial charge is 0.270 e. The van der Waals surface area contributed by atoms with Crippen LogP contribution in [-0.4, -0.2) is 20.9 Å². The zero-order valence-electron chi connectivity index (χ0n) is 15.7. The number of carbonyl (C=O) groups excluding carboxylic acids is 1. The second-order valence-corrected chi connectivity index (χ2v) is 7.34. The maximum atomic E-state index is 12.6. The average molecular weight is 454 g/mol. The first-order chi connectivity index (χ1) is 14.9. The fourth-order valence-corrected chi connectivity index (χ4v) is 3.48. The van der Waals surface area contributed by atoms with Crippen molar-refractivity contribution in [1.29, 1.82) is 0 Å².